The lowest BCUT2D eigenvalue weighted by Crippen LogP contribution is -2.51. The lowest BCUT2D eigenvalue weighted by molar-refractivity contribution is -0.129. The number of anilines is 1. The molecule has 2 aliphatic rings. The fraction of sp³-hybridized carbons (Fsp3) is 0.462. The van der Waals surface area contributed by atoms with E-state index in [1.165, 1.54) is 12.3 Å². The van der Waals surface area contributed by atoms with Crippen molar-refractivity contribution in [3.8, 4) is 0 Å². The van der Waals surface area contributed by atoms with Crippen molar-refractivity contribution < 1.29 is 14.7 Å². The summed E-state index contributed by atoms with van der Waals surface area (Å²) in [5.41, 5.74) is 0.0570. The van der Waals surface area contributed by atoms with E-state index in [1.807, 2.05) is 9.80 Å². The highest BCUT2D eigenvalue weighted by atomic mass is 35.5. The van der Waals surface area contributed by atoms with Gasteiger partial charge >= 0.3 is 5.97 Å². The topological polar surface area (TPSA) is 73.7 Å². The van der Waals surface area contributed by atoms with Gasteiger partial charge in [-0.2, -0.15) is 0 Å². The number of aromatic nitrogens is 1. The molecule has 0 radical (unpaired) electrons. The first-order chi connectivity index (χ1) is 9.56. The lowest BCUT2D eigenvalue weighted by Gasteiger charge is -2.38. The Bertz CT molecular complexity index is 578. The highest BCUT2D eigenvalue weighted by Crippen LogP contribution is 2.27. The molecule has 1 N–H and O–H groups in total. The Morgan fingerprint density at radius 1 is 1.45 bits per heavy atom. The Morgan fingerprint density at radius 3 is 3.00 bits per heavy atom. The molecule has 0 spiro atoms. The van der Waals surface area contributed by atoms with Gasteiger partial charge in [-0.05, 0) is 12.5 Å². The van der Waals surface area contributed by atoms with Gasteiger partial charge in [0.05, 0.1) is 10.6 Å². The molecule has 1 aromatic heterocycles. The lowest BCUT2D eigenvalue weighted by atomic mass is 10.1. The van der Waals surface area contributed by atoms with Crippen molar-refractivity contribution in [1.82, 2.24) is 9.88 Å². The molecule has 6 nitrogen and oxygen atoms in total. The van der Waals surface area contributed by atoms with Crippen molar-refractivity contribution in [3.05, 3.63) is 22.8 Å². The molecule has 0 aliphatic carbocycles. The Hall–Kier alpha value is -1.82. The summed E-state index contributed by atoms with van der Waals surface area (Å²) >= 11 is 5.82. The van der Waals surface area contributed by atoms with Crippen LogP contribution in [0.2, 0.25) is 5.02 Å². The van der Waals surface area contributed by atoms with Crippen molar-refractivity contribution in [2.24, 2.45) is 0 Å². The van der Waals surface area contributed by atoms with Crippen LogP contribution in [0.4, 0.5) is 5.82 Å². The summed E-state index contributed by atoms with van der Waals surface area (Å²) < 4.78 is 0. The largest absolute Gasteiger partial charge is 0.478 e. The average molecular weight is 296 g/mol. The van der Waals surface area contributed by atoms with E-state index in [9.17, 15) is 9.59 Å². The molecule has 0 saturated carbocycles. The highest BCUT2D eigenvalue weighted by molar-refractivity contribution is 6.33. The molecule has 2 fully saturated rings. The third-order valence-electron chi connectivity index (χ3n) is 3.89. The molecule has 0 bridgehead atoms. The second-order valence-electron chi connectivity index (χ2n) is 5.05. The van der Waals surface area contributed by atoms with Gasteiger partial charge in [0, 0.05) is 38.3 Å². The fourth-order valence-corrected chi connectivity index (χ4v) is 3.02. The van der Waals surface area contributed by atoms with Crippen LogP contribution < -0.4 is 4.90 Å². The van der Waals surface area contributed by atoms with Gasteiger partial charge in [-0.1, -0.05) is 11.6 Å². The summed E-state index contributed by atoms with van der Waals surface area (Å²) in [5.74, 6) is -0.246. The van der Waals surface area contributed by atoms with E-state index in [0.29, 0.717) is 31.9 Å². The quantitative estimate of drug-likeness (QED) is 0.889. The van der Waals surface area contributed by atoms with Crippen LogP contribution in [0.5, 0.6) is 0 Å². The van der Waals surface area contributed by atoms with E-state index in [0.717, 1.165) is 6.42 Å². The van der Waals surface area contributed by atoms with E-state index in [2.05, 4.69) is 4.98 Å². The number of fused-ring (bicyclic) bond motifs is 1. The van der Waals surface area contributed by atoms with E-state index < -0.39 is 5.97 Å². The van der Waals surface area contributed by atoms with E-state index in [1.54, 1.807) is 0 Å². The fourth-order valence-electron chi connectivity index (χ4n) is 2.84. The second-order valence-corrected chi connectivity index (χ2v) is 5.46. The van der Waals surface area contributed by atoms with Crippen LogP contribution in [0.1, 0.15) is 23.2 Å². The van der Waals surface area contributed by atoms with Crippen LogP contribution in [0.3, 0.4) is 0 Å². The van der Waals surface area contributed by atoms with Crippen molar-refractivity contribution in [2.75, 3.05) is 24.5 Å². The van der Waals surface area contributed by atoms with Gasteiger partial charge < -0.3 is 14.9 Å². The molecule has 2 aliphatic heterocycles. The molecular formula is C13H14ClN3O3. The molecule has 1 unspecified atom stereocenters. The predicted molar refractivity (Wildman–Crippen MR) is 73.2 cm³/mol. The van der Waals surface area contributed by atoms with E-state index >= 15 is 0 Å². The Morgan fingerprint density at radius 2 is 2.25 bits per heavy atom. The first-order valence-corrected chi connectivity index (χ1v) is 6.87. The Balaban J connectivity index is 1.82. The molecule has 1 atom stereocenters. The Labute approximate surface area is 120 Å². The van der Waals surface area contributed by atoms with Crippen LogP contribution in [-0.4, -0.2) is 52.5 Å². The number of carbonyl (C=O) groups is 2. The first kappa shape index (κ1) is 13.2. The number of rotatable bonds is 2. The first-order valence-electron chi connectivity index (χ1n) is 6.49. The minimum absolute atomic E-state index is 0.0570. The van der Waals surface area contributed by atoms with Gasteiger partial charge in [-0.25, -0.2) is 9.78 Å². The summed E-state index contributed by atoms with van der Waals surface area (Å²) in [4.78, 5) is 30.9. The summed E-state index contributed by atoms with van der Waals surface area (Å²) in [5, 5.41) is 9.22. The van der Waals surface area contributed by atoms with Crippen LogP contribution in [0.15, 0.2) is 12.3 Å². The van der Waals surface area contributed by atoms with Crippen LogP contribution >= 0.6 is 11.6 Å². The molecular weight excluding hydrogens is 282 g/mol. The molecule has 1 aromatic rings. The Kier molecular flexibility index (Phi) is 3.25. The zero-order chi connectivity index (χ0) is 14.3. The van der Waals surface area contributed by atoms with Gasteiger partial charge in [0.25, 0.3) is 0 Å². The van der Waals surface area contributed by atoms with Crippen molar-refractivity contribution in [2.45, 2.75) is 18.9 Å². The van der Waals surface area contributed by atoms with Crippen molar-refractivity contribution in [3.63, 3.8) is 0 Å². The number of amides is 1. The van der Waals surface area contributed by atoms with Crippen molar-refractivity contribution in [1.29, 1.82) is 0 Å². The summed E-state index contributed by atoms with van der Waals surface area (Å²) in [6, 6.07) is 1.71. The molecule has 2 saturated heterocycles. The molecule has 1 amide bonds. The standard InChI is InChI=1S/C13H14ClN3O3/c14-10-6-15-11(5-9(10)13(19)20)16-3-4-17-8(7-16)1-2-12(17)18/h5-6,8H,1-4,7H2,(H,19,20). The van der Waals surface area contributed by atoms with Crippen LogP contribution in [0.25, 0.3) is 0 Å². The number of carboxylic acids is 1. The van der Waals surface area contributed by atoms with Gasteiger partial charge in [0.2, 0.25) is 5.91 Å². The molecule has 7 heteroatoms. The number of piperazine rings is 1. The number of hydrogen-bond donors (Lipinski definition) is 1. The molecule has 20 heavy (non-hydrogen) atoms. The highest BCUT2D eigenvalue weighted by Gasteiger charge is 2.35. The van der Waals surface area contributed by atoms with Crippen LogP contribution in [-0.2, 0) is 4.79 Å². The average Bonchev–Trinajstić information content (AvgIpc) is 2.80. The van der Waals surface area contributed by atoms with Gasteiger partial charge in [-0.3, -0.25) is 4.79 Å². The number of halogens is 1. The SMILES string of the molecule is O=C(O)c1cc(N2CCN3C(=O)CCC3C2)ncc1Cl. The molecule has 106 valence electrons. The number of nitrogens with zero attached hydrogens (tertiary/aromatic N) is 3. The van der Waals surface area contributed by atoms with Gasteiger partial charge in [0.1, 0.15) is 5.82 Å². The third-order valence-corrected chi connectivity index (χ3v) is 4.19. The van der Waals surface area contributed by atoms with Gasteiger partial charge in [-0.15, -0.1) is 0 Å². The smallest absolute Gasteiger partial charge is 0.337 e. The second kappa shape index (κ2) is 4.94. The third kappa shape index (κ3) is 2.20. The van der Waals surface area contributed by atoms with Crippen LogP contribution in [0, 0.1) is 0 Å². The predicted octanol–water partition coefficient (Wildman–Crippen LogP) is 1.24. The number of carboxylic acid groups (broad SMARTS) is 1. The summed E-state index contributed by atoms with van der Waals surface area (Å²) in [6.07, 6.45) is 2.83. The van der Waals surface area contributed by atoms with E-state index in [-0.39, 0.29) is 22.5 Å². The molecule has 3 rings (SSSR count). The van der Waals surface area contributed by atoms with Crippen molar-refractivity contribution >= 4 is 29.3 Å². The van der Waals surface area contributed by atoms with E-state index in [4.69, 9.17) is 16.7 Å². The maximum Gasteiger partial charge on any atom is 0.337 e. The zero-order valence-corrected chi connectivity index (χ0v) is 11.5. The summed E-state index contributed by atoms with van der Waals surface area (Å²) in [6.45, 7) is 2.02. The number of pyridine rings is 1. The zero-order valence-electron chi connectivity index (χ0n) is 10.8. The molecule has 3 heterocycles. The maximum absolute atomic E-state index is 11.6. The molecule has 0 aromatic carbocycles. The summed E-state index contributed by atoms with van der Waals surface area (Å²) in [7, 11) is 0. The minimum atomic E-state index is -1.06. The normalized spacial score (nSPS) is 22.1. The maximum atomic E-state index is 11.6. The number of aromatic carboxylic acids is 1. The van der Waals surface area contributed by atoms with Gasteiger partial charge in [0.15, 0.2) is 0 Å². The monoisotopic (exact) mass is 295 g/mol. The number of hydrogen-bond acceptors (Lipinski definition) is 4. The minimum Gasteiger partial charge on any atom is -0.478 e. The number of carbonyl (C=O) groups excluding carboxylic acids is 1.